The highest BCUT2D eigenvalue weighted by Gasteiger charge is 2.07. The Morgan fingerprint density at radius 1 is 0.957 bits per heavy atom. The summed E-state index contributed by atoms with van der Waals surface area (Å²) < 4.78 is 0. The summed E-state index contributed by atoms with van der Waals surface area (Å²) in [7, 11) is 0. The lowest BCUT2D eigenvalue weighted by atomic mass is 10.2. The molecule has 0 saturated carbocycles. The lowest BCUT2D eigenvalue weighted by molar-refractivity contribution is -0.119. The number of amides is 2. The quantitative estimate of drug-likeness (QED) is 0.791. The van der Waals surface area contributed by atoms with E-state index < -0.39 is 5.91 Å². The number of halogens is 2. The Labute approximate surface area is 148 Å². The monoisotopic (exact) mass is 368 g/mol. The van der Waals surface area contributed by atoms with Gasteiger partial charge in [-0.2, -0.15) is 0 Å². The molecule has 4 nitrogen and oxygen atoms in total. The first kappa shape index (κ1) is 17.7. The topological polar surface area (TPSA) is 58.2 Å². The molecule has 2 rings (SSSR count). The highest BCUT2D eigenvalue weighted by atomic mass is 35.5. The molecule has 2 amide bonds. The van der Waals surface area contributed by atoms with Crippen LogP contribution in [-0.2, 0) is 10.5 Å². The van der Waals surface area contributed by atoms with E-state index in [-0.39, 0.29) is 11.7 Å². The molecule has 0 atom stereocenters. The Bertz CT molecular complexity index is 693. The molecule has 2 aromatic rings. The van der Waals surface area contributed by atoms with Gasteiger partial charge in [-0.05, 0) is 35.9 Å². The Hall–Kier alpha value is -1.69. The first-order valence-corrected chi connectivity index (χ1v) is 8.62. The Morgan fingerprint density at radius 3 is 2.39 bits per heavy atom. The number of hydrazine groups is 1. The number of hydrogen-bond donors (Lipinski definition) is 2. The summed E-state index contributed by atoms with van der Waals surface area (Å²) in [5, 5.41) is 1.14. The molecule has 0 aromatic heterocycles. The van der Waals surface area contributed by atoms with Crippen molar-refractivity contribution in [1.82, 2.24) is 10.9 Å². The molecule has 0 aliphatic rings. The van der Waals surface area contributed by atoms with Gasteiger partial charge in [0.2, 0.25) is 5.91 Å². The zero-order chi connectivity index (χ0) is 16.7. The fraction of sp³-hybridized carbons (Fsp3) is 0.125. The van der Waals surface area contributed by atoms with Crippen molar-refractivity contribution in [1.29, 1.82) is 0 Å². The van der Waals surface area contributed by atoms with Gasteiger partial charge in [-0.1, -0.05) is 41.4 Å². The van der Waals surface area contributed by atoms with E-state index in [9.17, 15) is 9.59 Å². The number of rotatable bonds is 5. The van der Waals surface area contributed by atoms with Crippen LogP contribution < -0.4 is 10.9 Å². The van der Waals surface area contributed by atoms with Crippen molar-refractivity contribution < 1.29 is 9.59 Å². The lowest BCUT2D eigenvalue weighted by Gasteiger charge is -2.07. The zero-order valence-electron chi connectivity index (χ0n) is 12.0. The summed E-state index contributed by atoms with van der Waals surface area (Å²) in [5.74, 6) is 0.230. The van der Waals surface area contributed by atoms with E-state index >= 15 is 0 Å². The van der Waals surface area contributed by atoms with E-state index in [0.717, 1.165) is 5.56 Å². The van der Waals surface area contributed by atoms with Gasteiger partial charge in [0, 0.05) is 21.4 Å². The summed E-state index contributed by atoms with van der Waals surface area (Å²) in [6, 6.07) is 13.9. The maximum atomic E-state index is 11.8. The Balaban J connectivity index is 1.70. The van der Waals surface area contributed by atoms with Crippen molar-refractivity contribution in [3.8, 4) is 0 Å². The van der Waals surface area contributed by atoms with E-state index in [1.165, 1.54) is 17.8 Å². The summed E-state index contributed by atoms with van der Waals surface area (Å²) in [4.78, 5) is 23.5. The second-order valence-electron chi connectivity index (χ2n) is 4.63. The predicted molar refractivity (Wildman–Crippen MR) is 94.7 cm³/mol. The molecule has 120 valence electrons. The van der Waals surface area contributed by atoms with E-state index in [1.54, 1.807) is 18.2 Å². The third kappa shape index (κ3) is 6.14. The molecular formula is C16H14Cl2N2O2S. The van der Waals surface area contributed by atoms with Crippen LogP contribution in [0.3, 0.4) is 0 Å². The minimum Gasteiger partial charge on any atom is -0.272 e. The van der Waals surface area contributed by atoms with Crippen LogP contribution in [0.25, 0.3) is 0 Å². The van der Waals surface area contributed by atoms with E-state index in [0.29, 0.717) is 21.4 Å². The first-order chi connectivity index (χ1) is 11.0. The van der Waals surface area contributed by atoms with Crippen molar-refractivity contribution in [3.63, 3.8) is 0 Å². The summed E-state index contributed by atoms with van der Waals surface area (Å²) in [5.41, 5.74) is 6.19. The van der Waals surface area contributed by atoms with Gasteiger partial charge in [0.25, 0.3) is 5.91 Å². The molecular weight excluding hydrogens is 355 g/mol. The molecule has 2 aromatic carbocycles. The van der Waals surface area contributed by atoms with Crippen molar-refractivity contribution in [3.05, 3.63) is 69.7 Å². The predicted octanol–water partition coefficient (Wildman–Crippen LogP) is 3.69. The van der Waals surface area contributed by atoms with Crippen molar-refractivity contribution in [2.24, 2.45) is 0 Å². The fourth-order valence-corrected chi connectivity index (χ4v) is 2.81. The van der Waals surface area contributed by atoms with Crippen molar-refractivity contribution >= 4 is 46.8 Å². The average molecular weight is 369 g/mol. The van der Waals surface area contributed by atoms with Gasteiger partial charge >= 0.3 is 0 Å². The molecule has 23 heavy (non-hydrogen) atoms. The molecule has 0 bridgehead atoms. The molecule has 0 saturated heterocycles. The number of carbonyl (C=O) groups is 2. The zero-order valence-corrected chi connectivity index (χ0v) is 14.3. The minimum absolute atomic E-state index is 0.235. The average Bonchev–Trinajstić information content (AvgIpc) is 2.54. The first-order valence-electron chi connectivity index (χ1n) is 6.71. The van der Waals surface area contributed by atoms with Crippen LogP contribution in [0.5, 0.6) is 0 Å². The van der Waals surface area contributed by atoms with Crippen molar-refractivity contribution in [2.45, 2.75) is 5.75 Å². The van der Waals surface area contributed by atoms with Crippen LogP contribution in [0.15, 0.2) is 48.5 Å². The molecule has 0 heterocycles. The third-order valence-electron chi connectivity index (χ3n) is 2.82. The SMILES string of the molecule is O=C(CSCc1ccc(Cl)cc1)NNC(=O)c1cccc(Cl)c1. The maximum absolute atomic E-state index is 11.8. The molecule has 2 N–H and O–H groups in total. The molecule has 0 fully saturated rings. The van der Waals surface area contributed by atoms with E-state index in [2.05, 4.69) is 10.9 Å². The van der Waals surface area contributed by atoms with Crippen LogP contribution >= 0.6 is 35.0 Å². The smallest absolute Gasteiger partial charge is 0.269 e. The van der Waals surface area contributed by atoms with Crippen LogP contribution in [0.1, 0.15) is 15.9 Å². The molecule has 7 heteroatoms. The summed E-state index contributed by atoms with van der Waals surface area (Å²) in [6.45, 7) is 0. The highest BCUT2D eigenvalue weighted by Crippen LogP contribution is 2.15. The highest BCUT2D eigenvalue weighted by molar-refractivity contribution is 7.99. The number of carbonyl (C=O) groups excluding carboxylic acids is 2. The van der Waals surface area contributed by atoms with Crippen LogP contribution in [0, 0.1) is 0 Å². The second kappa shape index (κ2) is 8.82. The van der Waals surface area contributed by atoms with Gasteiger partial charge < -0.3 is 0 Å². The molecule has 0 aliphatic heterocycles. The minimum atomic E-state index is -0.413. The molecule has 0 spiro atoms. The number of hydrogen-bond acceptors (Lipinski definition) is 3. The second-order valence-corrected chi connectivity index (χ2v) is 6.49. The largest absolute Gasteiger partial charge is 0.272 e. The van der Waals surface area contributed by atoms with Gasteiger partial charge in [-0.25, -0.2) is 0 Å². The van der Waals surface area contributed by atoms with Crippen LogP contribution in [-0.4, -0.2) is 17.6 Å². The number of nitrogens with one attached hydrogen (secondary N) is 2. The summed E-state index contributed by atoms with van der Waals surface area (Å²) >= 11 is 13.1. The lowest BCUT2D eigenvalue weighted by Crippen LogP contribution is -2.42. The standard InChI is InChI=1S/C16H14Cl2N2O2S/c17-13-6-4-11(5-7-13)9-23-10-15(21)19-20-16(22)12-2-1-3-14(18)8-12/h1-8H,9-10H2,(H,19,21)(H,20,22). The normalized spacial score (nSPS) is 10.2. The van der Waals surface area contributed by atoms with Crippen molar-refractivity contribution in [2.75, 3.05) is 5.75 Å². The summed E-state index contributed by atoms with van der Waals surface area (Å²) in [6.07, 6.45) is 0. The Kier molecular flexibility index (Phi) is 6.77. The van der Waals surface area contributed by atoms with Gasteiger partial charge in [-0.3, -0.25) is 20.4 Å². The van der Waals surface area contributed by atoms with Gasteiger partial charge in [-0.15, -0.1) is 11.8 Å². The third-order valence-corrected chi connectivity index (χ3v) is 4.31. The van der Waals surface area contributed by atoms with Gasteiger partial charge in [0.1, 0.15) is 0 Å². The fourth-order valence-electron chi connectivity index (χ4n) is 1.71. The molecule has 0 radical (unpaired) electrons. The molecule has 0 aliphatic carbocycles. The van der Waals surface area contributed by atoms with E-state index in [1.807, 2.05) is 24.3 Å². The van der Waals surface area contributed by atoms with Gasteiger partial charge in [0.05, 0.1) is 5.75 Å². The molecule has 0 unspecified atom stereocenters. The van der Waals surface area contributed by atoms with Gasteiger partial charge in [0.15, 0.2) is 0 Å². The van der Waals surface area contributed by atoms with E-state index in [4.69, 9.17) is 23.2 Å². The Morgan fingerprint density at radius 2 is 1.70 bits per heavy atom. The maximum Gasteiger partial charge on any atom is 0.269 e. The number of thioether (sulfide) groups is 1. The van der Waals surface area contributed by atoms with Crippen LogP contribution in [0.2, 0.25) is 10.0 Å². The number of benzene rings is 2. The van der Waals surface area contributed by atoms with Crippen LogP contribution in [0.4, 0.5) is 0 Å².